The fourth-order valence-electron chi connectivity index (χ4n) is 3.92. The van der Waals surface area contributed by atoms with Crippen molar-refractivity contribution in [3.05, 3.63) is 72.3 Å². The summed E-state index contributed by atoms with van der Waals surface area (Å²) in [6.07, 6.45) is 3.88. The van der Waals surface area contributed by atoms with E-state index in [1.54, 1.807) is 22.5 Å². The third-order valence-electron chi connectivity index (χ3n) is 5.59. The SMILES string of the molecule is O=C(CNc1cccc2ccccc12)c1cccc(S(=O)(=O)N2CCCCCC2)c1. The largest absolute Gasteiger partial charge is 0.377 e. The highest BCUT2D eigenvalue weighted by Crippen LogP contribution is 2.24. The predicted molar refractivity (Wildman–Crippen MR) is 120 cm³/mol. The van der Waals surface area contributed by atoms with Gasteiger partial charge in [-0.05, 0) is 36.4 Å². The molecule has 0 atom stereocenters. The lowest BCUT2D eigenvalue weighted by atomic mass is 10.1. The number of nitrogens with one attached hydrogen (secondary N) is 1. The summed E-state index contributed by atoms with van der Waals surface area (Å²) in [5, 5.41) is 5.35. The van der Waals surface area contributed by atoms with Gasteiger partial charge in [-0.1, -0.05) is 61.4 Å². The maximum atomic E-state index is 13.0. The lowest BCUT2D eigenvalue weighted by Gasteiger charge is -2.20. The number of carbonyl (C=O) groups is 1. The molecule has 1 aliphatic heterocycles. The van der Waals surface area contributed by atoms with Crippen LogP contribution in [0.25, 0.3) is 10.8 Å². The summed E-state index contributed by atoms with van der Waals surface area (Å²) >= 11 is 0. The molecule has 1 aliphatic rings. The smallest absolute Gasteiger partial charge is 0.243 e. The number of hydrogen-bond donors (Lipinski definition) is 1. The van der Waals surface area contributed by atoms with Crippen LogP contribution in [-0.4, -0.2) is 38.1 Å². The molecular formula is C24H26N2O3S. The maximum Gasteiger partial charge on any atom is 0.243 e. The van der Waals surface area contributed by atoms with Crippen molar-refractivity contribution < 1.29 is 13.2 Å². The van der Waals surface area contributed by atoms with Crippen LogP contribution < -0.4 is 5.32 Å². The number of anilines is 1. The number of rotatable bonds is 6. The van der Waals surface area contributed by atoms with Crippen molar-refractivity contribution in [2.45, 2.75) is 30.6 Å². The maximum absolute atomic E-state index is 13.0. The van der Waals surface area contributed by atoms with Gasteiger partial charge in [0, 0.05) is 29.7 Å². The highest BCUT2D eigenvalue weighted by molar-refractivity contribution is 7.89. The number of nitrogens with zero attached hydrogens (tertiary/aromatic N) is 1. The molecule has 0 bridgehead atoms. The molecule has 0 radical (unpaired) electrons. The van der Waals surface area contributed by atoms with Crippen molar-refractivity contribution in [1.29, 1.82) is 0 Å². The molecule has 0 amide bonds. The Balaban J connectivity index is 1.51. The summed E-state index contributed by atoms with van der Waals surface area (Å²) < 4.78 is 27.6. The van der Waals surface area contributed by atoms with Crippen molar-refractivity contribution in [2.75, 3.05) is 25.0 Å². The van der Waals surface area contributed by atoms with E-state index in [0.29, 0.717) is 18.7 Å². The van der Waals surface area contributed by atoms with Crippen molar-refractivity contribution >= 4 is 32.3 Å². The molecule has 1 N–H and O–H groups in total. The summed E-state index contributed by atoms with van der Waals surface area (Å²) in [6.45, 7) is 1.19. The van der Waals surface area contributed by atoms with E-state index in [2.05, 4.69) is 5.32 Å². The molecule has 1 heterocycles. The Bertz CT molecular complexity index is 1140. The van der Waals surface area contributed by atoms with Crippen LogP contribution in [0.1, 0.15) is 36.0 Å². The molecule has 0 aromatic heterocycles. The van der Waals surface area contributed by atoms with Crippen LogP contribution in [-0.2, 0) is 10.0 Å². The Morgan fingerprint density at radius 1 is 0.867 bits per heavy atom. The second kappa shape index (κ2) is 8.98. The average Bonchev–Trinajstić information content (AvgIpc) is 3.08. The van der Waals surface area contributed by atoms with E-state index in [1.807, 2.05) is 42.5 Å². The summed E-state index contributed by atoms with van der Waals surface area (Å²) in [5.74, 6) is -0.143. The van der Waals surface area contributed by atoms with E-state index in [1.165, 1.54) is 6.07 Å². The lowest BCUT2D eigenvalue weighted by molar-refractivity contribution is 0.101. The summed E-state index contributed by atoms with van der Waals surface area (Å²) in [4.78, 5) is 13.0. The van der Waals surface area contributed by atoms with Crippen LogP contribution in [0.4, 0.5) is 5.69 Å². The number of benzene rings is 3. The molecule has 5 nitrogen and oxygen atoms in total. The van der Waals surface area contributed by atoms with Crippen LogP contribution in [0, 0.1) is 0 Å². The highest BCUT2D eigenvalue weighted by atomic mass is 32.2. The van der Waals surface area contributed by atoms with Crippen LogP contribution >= 0.6 is 0 Å². The van der Waals surface area contributed by atoms with Gasteiger partial charge in [-0.15, -0.1) is 0 Å². The Morgan fingerprint density at radius 2 is 1.57 bits per heavy atom. The monoisotopic (exact) mass is 422 g/mol. The van der Waals surface area contributed by atoms with Crippen LogP contribution in [0.2, 0.25) is 0 Å². The zero-order valence-electron chi connectivity index (χ0n) is 16.9. The van der Waals surface area contributed by atoms with E-state index >= 15 is 0 Å². The van der Waals surface area contributed by atoms with Gasteiger partial charge in [0.2, 0.25) is 10.0 Å². The van der Waals surface area contributed by atoms with Crippen LogP contribution in [0.5, 0.6) is 0 Å². The minimum atomic E-state index is -3.58. The van der Waals surface area contributed by atoms with E-state index in [4.69, 9.17) is 0 Å². The van der Waals surface area contributed by atoms with Gasteiger partial charge in [0.05, 0.1) is 11.4 Å². The summed E-state index contributed by atoms with van der Waals surface area (Å²) in [5.41, 5.74) is 1.29. The molecule has 0 spiro atoms. The first-order valence-electron chi connectivity index (χ1n) is 10.4. The highest BCUT2D eigenvalue weighted by Gasteiger charge is 2.25. The van der Waals surface area contributed by atoms with Gasteiger partial charge >= 0.3 is 0 Å². The molecule has 0 unspecified atom stereocenters. The molecule has 0 saturated carbocycles. The molecular weight excluding hydrogens is 396 g/mol. The van der Waals surface area contributed by atoms with E-state index < -0.39 is 10.0 Å². The van der Waals surface area contributed by atoms with Gasteiger partial charge in [-0.25, -0.2) is 8.42 Å². The normalized spacial score (nSPS) is 15.6. The van der Waals surface area contributed by atoms with Crippen molar-refractivity contribution in [1.82, 2.24) is 4.31 Å². The Hall–Kier alpha value is -2.70. The quantitative estimate of drug-likeness (QED) is 0.585. The Morgan fingerprint density at radius 3 is 2.37 bits per heavy atom. The summed E-state index contributed by atoms with van der Waals surface area (Å²) in [6, 6.07) is 20.3. The average molecular weight is 423 g/mol. The lowest BCUT2D eigenvalue weighted by Crippen LogP contribution is -2.32. The Kier molecular flexibility index (Phi) is 6.16. The second-order valence-corrected chi connectivity index (χ2v) is 9.59. The van der Waals surface area contributed by atoms with Crippen LogP contribution in [0.3, 0.4) is 0 Å². The predicted octanol–water partition coefficient (Wildman–Crippen LogP) is 4.70. The van der Waals surface area contributed by atoms with Crippen molar-refractivity contribution in [2.24, 2.45) is 0 Å². The van der Waals surface area contributed by atoms with E-state index in [9.17, 15) is 13.2 Å². The molecule has 1 fully saturated rings. The first-order valence-corrected chi connectivity index (χ1v) is 11.8. The minimum absolute atomic E-state index is 0.0984. The zero-order chi connectivity index (χ0) is 21.0. The van der Waals surface area contributed by atoms with Gasteiger partial charge in [-0.3, -0.25) is 4.79 Å². The number of hydrogen-bond acceptors (Lipinski definition) is 4. The second-order valence-electron chi connectivity index (χ2n) is 7.65. The fourth-order valence-corrected chi connectivity index (χ4v) is 5.48. The third-order valence-corrected chi connectivity index (χ3v) is 7.48. The van der Waals surface area contributed by atoms with Gasteiger partial charge in [0.1, 0.15) is 0 Å². The molecule has 1 saturated heterocycles. The minimum Gasteiger partial charge on any atom is -0.377 e. The molecule has 0 aliphatic carbocycles. The molecule has 3 aromatic carbocycles. The molecule has 6 heteroatoms. The van der Waals surface area contributed by atoms with E-state index in [-0.39, 0.29) is 17.2 Å². The van der Waals surface area contributed by atoms with Crippen molar-refractivity contribution in [3.63, 3.8) is 0 Å². The third kappa shape index (κ3) is 4.40. The zero-order valence-corrected chi connectivity index (χ0v) is 17.7. The van der Waals surface area contributed by atoms with Crippen molar-refractivity contribution in [3.8, 4) is 0 Å². The van der Waals surface area contributed by atoms with Gasteiger partial charge in [-0.2, -0.15) is 4.31 Å². The molecule has 3 aromatic rings. The van der Waals surface area contributed by atoms with Crippen LogP contribution in [0.15, 0.2) is 71.6 Å². The number of fused-ring (bicyclic) bond motifs is 1. The fraction of sp³-hybridized carbons (Fsp3) is 0.292. The van der Waals surface area contributed by atoms with E-state index in [0.717, 1.165) is 42.1 Å². The molecule has 156 valence electrons. The van der Waals surface area contributed by atoms with Gasteiger partial charge in [0.15, 0.2) is 5.78 Å². The summed E-state index contributed by atoms with van der Waals surface area (Å²) in [7, 11) is -3.58. The number of Topliss-reactive ketones (excluding diaryl/α,β-unsaturated/α-hetero) is 1. The van der Waals surface area contributed by atoms with Gasteiger partial charge in [0.25, 0.3) is 0 Å². The molecule has 4 rings (SSSR count). The Labute approximate surface area is 177 Å². The van der Waals surface area contributed by atoms with Gasteiger partial charge < -0.3 is 5.32 Å². The topological polar surface area (TPSA) is 66.5 Å². The molecule has 30 heavy (non-hydrogen) atoms. The first-order chi connectivity index (χ1) is 14.6. The number of sulfonamides is 1. The number of carbonyl (C=O) groups excluding carboxylic acids is 1. The first kappa shape index (κ1) is 20.6. The standard InChI is InChI=1S/C24H26N2O3S/c27-24(18-25-23-14-8-10-19-9-3-4-13-22(19)23)20-11-7-12-21(17-20)30(28,29)26-15-5-1-2-6-16-26/h3-4,7-14,17,25H,1-2,5-6,15-16,18H2. The number of ketones is 1.